The maximum atomic E-state index is 13.6. The first kappa shape index (κ1) is 25.3. The van der Waals surface area contributed by atoms with Crippen LogP contribution in [-0.2, 0) is 6.54 Å². The minimum Gasteiger partial charge on any atom is -0.472 e. The number of hydrogen-bond acceptors (Lipinski definition) is 7. The van der Waals surface area contributed by atoms with Crippen LogP contribution in [0.4, 0.5) is 0 Å². The molecule has 4 heterocycles. The highest BCUT2D eigenvalue weighted by molar-refractivity contribution is 5.97. The molecule has 8 nitrogen and oxygen atoms in total. The van der Waals surface area contributed by atoms with Gasteiger partial charge in [0, 0.05) is 67.7 Å². The molecule has 0 saturated carbocycles. The fraction of sp³-hybridized carbons (Fsp3) is 0.357. The quantitative estimate of drug-likeness (QED) is 0.537. The van der Waals surface area contributed by atoms with Gasteiger partial charge in [0.25, 0.3) is 5.91 Å². The number of amides is 1. The third kappa shape index (κ3) is 6.25. The maximum Gasteiger partial charge on any atom is 0.259 e. The Morgan fingerprint density at radius 3 is 2.61 bits per heavy atom. The number of nitrogens with zero attached hydrogens (tertiary/aromatic N) is 5. The molecule has 3 atom stereocenters. The molecule has 1 N–H and O–H groups in total. The Bertz CT molecular complexity index is 1230. The number of carbonyl (C=O) groups is 1. The van der Waals surface area contributed by atoms with Crippen LogP contribution in [-0.4, -0.2) is 74.7 Å². The van der Waals surface area contributed by atoms with Gasteiger partial charge in [-0.15, -0.1) is 0 Å². The van der Waals surface area contributed by atoms with E-state index in [9.17, 15) is 9.90 Å². The zero-order chi connectivity index (χ0) is 25.5. The predicted molar refractivity (Wildman–Crippen MR) is 136 cm³/mol. The van der Waals surface area contributed by atoms with Crippen molar-refractivity contribution in [2.75, 3.05) is 26.7 Å². The molecule has 1 amide bonds. The normalized spacial score (nSPS) is 18.4. The molecule has 1 aliphatic heterocycles. The first-order valence-corrected chi connectivity index (χ1v) is 12.0. The lowest BCUT2D eigenvalue weighted by Gasteiger charge is -2.37. The molecule has 36 heavy (non-hydrogen) atoms. The van der Waals surface area contributed by atoms with E-state index in [4.69, 9.17) is 4.74 Å². The lowest BCUT2D eigenvalue weighted by atomic mass is 9.99. The van der Waals surface area contributed by atoms with E-state index in [1.807, 2.05) is 44.4 Å². The molecule has 1 aliphatic rings. The third-order valence-electron chi connectivity index (χ3n) is 6.20. The molecule has 4 rings (SSSR count). The number of aliphatic hydroxyl groups is 1. The summed E-state index contributed by atoms with van der Waals surface area (Å²) in [7, 11) is 2.03. The van der Waals surface area contributed by atoms with Gasteiger partial charge in [-0.1, -0.05) is 24.8 Å². The Labute approximate surface area is 212 Å². The van der Waals surface area contributed by atoms with Gasteiger partial charge in [-0.2, -0.15) is 0 Å². The second-order valence-electron chi connectivity index (χ2n) is 9.25. The number of pyridine rings is 3. The van der Waals surface area contributed by atoms with Crippen molar-refractivity contribution in [3.63, 3.8) is 0 Å². The van der Waals surface area contributed by atoms with Crippen LogP contribution in [0.1, 0.15) is 40.9 Å². The molecule has 0 fully saturated rings. The first-order chi connectivity index (χ1) is 17.4. The van der Waals surface area contributed by atoms with Gasteiger partial charge in [0.05, 0.1) is 12.6 Å². The van der Waals surface area contributed by atoms with Gasteiger partial charge in [-0.25, -0.2) is 4.98 Å². The number of aliphatic hydroxyl groups excluding tert-OH is 1. The molecule has 0 saturated heterocycles. The molecule has 0 bridgehead atoms. The zero-order valence-corrected chi connectivity index (χ0v) is 20.8. The monoisotopic (exact) mass is 485 g/mol. The van der Waals surface area contributed by atoms with Gasteiger partial charge in [0.15, 0.2) is 0 Å². The number of aromatic nitrogens is 3. The topological polar surface area (TPSA) is 91.7 Å². The van der Waals surface area contributed by atoms with Crippen LogP contribution in [0.2, 0.25) is 0 Å². The molecular weight excluding hydrogens is 454 g/mol. The average molecular weight is 486 g/mol. The fourth-order valence-corrected chi connectivity index (χ4v) is 4.14. The van der Waals surface area contributed by atoms with E-state index in [0.717, 1.165) is 17.7 Å². The van der Waals surface area contributed by atoms with Crippen molar-refractivity contribution in [2.45, 2.75) is 32.5 Å². The van der Waals surface area contributed by atoms with Crippen molar-refractivity contribution in [2.24, 2.45) is 5.92 Å². The van der Waals surface area contributed by atoms with Crippen LogP contribution in [0.3, 0.4) is 0 Å². The van der Waals surface area contributed by atoms with Gasteiger partial charge < -0.3 is 14.7 Å². The molecule has 0 radical (unpaired) electrons. The first-order valence-electron chi connectivity index (χ1n) is 12.0. The molecule has 3 aromatic rings. The van der Waals surface area contributed by atoms with Crippen LogP contribution in [0.5, 0.6) is 5.88 Å². The predicted octanol–water partition coefficient (Wildman–Crippen LogP) is 2.62. The lowest BCUT2D eigenvalue weighted by molar-refractivity contribution is 0.0325. The summed E-state index contributed by atoms with van der Waals surface area (Å²) in [5.74, 6) is 6.19. The van der Waals surface area contributed by atoms with E-state index < -0.39 is 0 Å². The Balaban J connectivity index is 1.63. The highest BCUT2D eigenvalue weighted by Gasteiger charge is 2.34. The van der Waals surface area contributed by atoms with Crippen molar-refractivity contribution in [3.8, 4) is 17.7 Å². The van der Waals surface area contributed by atoms with Gasteiger partial charge in [-0.05, 0) is 43.8 Å². The van der Waals surface area contributed by atoms with E-state index in [0.29, 0.717) is 24.2 Å². The minimum absolute atomic E-state index is 0.0132. The summed E-state index contributed by atoms with van der Waals surface area (Å²) in [6.07, 6.45) is 8.39. The number of likely N-dealkylation sites (N-methyl/N-ethyl adjacent to an activating group) is 1. The number of fused-ring (bicyclic) bond motifs is 1. The second-order valence-corrected chi connectivity index (χ2v) is 9.25. The van der Waals surface area contributed by atoms with Crippen molar-refractivity contribution < 1.29 is 14.6 Å². The molecule has 186 valence electrons. The van der Waals surface area contributed by atoms with Gasteiger partial charge in [0.1, 0.15) is 11.7 Å². The summed E-state index contributed by atoms with van der Waals surface area (Å²) < 4.78 is 6.37. The van der Waals surface area contributed by atoms with E-state index >= 15 is 0 Å². The summed E-state index contributed by atoms with van der Waals surface area (Å²) in [5.41, 5.74) is 2.83. The number of hydrogen-bond donors (Lipinski definition) is 1. The highest BCUT2D eigenvalue weighted by atomic mass is 16.5. The summed E-state index contributed by atoms with van der Waals surface area (Å²) in [4.78, 5) is 30.2. The summed E-state index contributed by atoms with van der Waals surface area (Å²) in [5, 5.41) is 9.86. The molecular formula is C28H31N5O3. The molecule has 3 aromatic heterocycles. The average Bonchev–Trinajstić information content (AvgIpc) is 2.90. The molecule has 0 spiro atoms. The lowest BCUT2D eigenvalue weighted by Crippen LogP contribution is -2.49. The zero-order valence-electron chi connectivity index (χ0n) is 20.8. The van der Waals surface area contributed by atoms with E-state index in [-0.39, 0.29) is 36.5 Å². The fourth-order valence-electron chi connectivity index (χ4n) is 4.14. The van der Waals surface area contributed by atoms with Crippen LogP contribution in [0, 0.1) is 17.8 Å². The second kappa shape index (κ2) is 11.8. The SMILES string of the molecule is C[C@@H]1CN([C@@H](C)CO)C(=O)c2cc(C#Cc3cccnc3)cnc2O[C@@H]1CN(C)Cc1cccnc1. The Morgan fingerprint density at radius 2 is 1.92 bits per heavy atom. The minimum atomic E-state index is -0.343. The Morgan fingerprint density at radius 1 is 1.17 bits per heavy atom. The van der Waals surface area contributed by atoms with Gasteiger partial charge >= 0.3 is 0 Å². The molecule has 0 aliphatic carbocycles. The summed E-state index contributed by atoms with van der Waals surface area (Å²) in [6.45, 7) is 5.58. The van der Waals surface area contributed by atoms with Gasteiger partial charge in [-0.3, -0.25) is 19.7 Å². The van der Waals surface area contributed by atoms with E-state index in [1.165, 1.54) is 0 Å². The van der Waals surface area contributed by atoms with Crippen molar-refractivity contribution >= 4 is 5.91 Å². The van der Waals surface area contributed by atoms with E-state index in [2.05, 4.69) is 38.6 Å². The number of carbonyl (C=O) groups excluding carboxylic acids is 1. The largest absolute Gasteiger partial charge is 0.472 e. The van der Waals surface area contributed by atoms with Crippen LogP contribution in [0.15, 0.2) is 61.3 Å². The smallest absolute Gasteiger partial charge is 0.259 e. The molecule has 0 unspecified atom stereocenters. The molecule has 0 aromatic carbocycles. The van der Waals surface area contributed by atoms with Crippen LogP contribution < -0.4 is 4.74 Å². The van der Waals surface area contributed by atoms with E-state index in [1.54, 1.807) is 35.8 Å². The standard InChI is InChI=1S/C28H31N5O3/c1-20-16-33(21(2)19-34)28(35)25-12-23(9-8-22-6-4-10-29-13-22)15-31-27(25)36-26(20)18-32(3)17-24-7-5-11-30-14-24/h4-7,10-15,20-21,26,34H,16-19H2,1-3H3/t20-,21+,26-/m1/s1. The van der Waals surface area contributed by atoms with Crippen molar-refractivity contribution in [3.05, 3.63) is 83.6 Å². The third-order valence-corrected chi connectivity index (χ3v) is 6.20. The summed E-state index contributed by atoms with van der Waals surface area (Å²) in [6, 6.07) is 9.03. The van der Waals surface area contributed by atoms with Crippen molar-refractivity contribution in [1.82, 2.24) is 24.8 Å². The summed E-state index contributed by atoms with van der Waals surface area (Å²) >= 11 is 0. The highest BCUT2D eigenvalue weighted by Crippen LogP contribution is 2.27. The van der Waals surface area contributed by atoms with Crippen LogP contribution >= 0.6 is 0 Å². The number of rotatable bonds is 6. The van der Waals surface area contributed by atoms with Crippen LogP contribution in [0.25, 0.3) is 0 Å². The number of ether oxygens (including phenoxy) is 1. The van der Waals surface area contributed by atoms with Gasteiger partial charge in [0.2, 0.25) is 5.88 Å². The Hall–Kier alpha value is -3.80. The van der Waals surface area contributed by atoms with Crippen molar-refractivity contribution in [1.29, 1.82) is 0 Å². The maximum absolute atomic E-state index is 13.6. The Kier molecular flexibility index (Phi) is 8.26. The molecule has 8 heteroatoms.